The van der Waals surface area contributed by atoms with Crippen molar-refractivity contribution in [3.8, 4) is 11.6 Å². The Kier molecular flexibility index (Phi) is 5.66. The minimum absolute atomic E-state index is 0.0265. The van der Waals surface area contributed by atoms with E-state index in [-0.39, 0.29) is 29.1 Å². The Morgan fingerprint density at radius 1 is 1.15 bits per heavy atom. The van der Waals surface area contributed by atoms with Crippen molar-refractivity contribution in [2.75, 3.05) is 10.6 Å². The van der Waals surface area contributed by atoms with E-state index in [1.807, 2.05) is 0 Å². The van der Waals surface area contributed by atoms with Crippen molar-refractivity contribution in [2.45, 2.75) is 26.7 Å². The van der Waals surface area contributed by atoms with Crippen molar-refractivity contribution in [3.63, 3.8) is 0 Å². The van der Waals surface area contributed by atoms with Crippen LogP contribution in [-0.2, 0) is 19.3 Å². The van der Waals surface area contributed by atoms with Crippen LogP contribution in [0.2, 0.25) is 0 Å². The van der Waals surface area contributed by atoms with Crippen LogP contribution < -0.4 is 15.4 Å². The molecular formula is C21H19F2N5O5. The molecule has 2 N–H and O–H groups in total. The van der Waals surface area contributed by atoms with Crippen molar-refractivity contribution in [1.82, 2.24) is 14.6 Å². The van der Waals surface area contributed by atoms with Crippen LogP contribution in [0, 0.1) is 17.2 Å². The summed E-state index contributed by atoms with van der Waals surface area (Å²) in [5.74, 6) is -2.90. The van der Waals surface area contributed by atoms with Gasteiger partial charge in [-0.1, -0.05) is 0 Å². The topological polar surface area (TPSA) is 124 Å². The fourth-order valence-corrected chi connectivity index (χ4v) is 2.80. The molecule has 3 aromatic rings. The van der Waals surface area contributed by atoms with Gasteiger partial charge in [0.25, 0.3) is 0 Å². The van der Waals surface area contributed by atoms with Gasteiger partial charge in [0.1, 0.15) is 5.41 Å². The molecule has 1 fully saturated rings. The van der Waals surface area contributed by atoms with Crippen LogP contribution in [0.25, 0.3) is 5.65 Å². The number of aromatic nitrogens is 3. The molecule has 10 nitrogen and oxygen atoms in total. The number of benzene rings is 1. The molecule has 0 unspecified atom stereocenters. The van der Waals surface area contributed by atoms with E-state index in [0.29, 0.717) is 11.5 Å². The summed E-state index contributed by atoms with van der Waals surface area (Å²) in [6.45, 7) is 2.33. The molecule has 0 saturated heterocycles. The number of ether oxygens (including phenoxy) is 1. The van der Waals surface area contributed by atoms with E-state index in [2.05, 4.69) is 25.7 Å². The lowest BCUT2D eigenvalue weighted by Crippen LogP contribution is -2.38. The Balaban J connectivity index is 1.45. The molecule has 33 heavy (non-hydrogen) atoms. The number of fused-ring (bicyclic) bond motifs is 1. The fraction of sp³-hybridized carbons (Fsp3) is 0.286. The first kappa shape index (κ1) is 22.1. The molecular weight excluding hydrogens is 440 g/mol. The first-order chi connectivity index (χ1) is 15.7. The van der Waals surface area contributed by atoms with Crippen LogP contribution in [0.3, 0.4) is 0 Å². The minimum Gasteiger partial charge on any atom is -0.434 e. The number of amides is 2. The number of carbonyl (C=O) groups is 3. The number of carbonyl (C=O) groups excluding carboxylic acids is 3. The average molecular weight is 459 g/mol. The molecule has 0 spiro atoms. The van der Waals surface area contributed by atoms with E-state index in [1.165, 1.54) is 42.8 Å². The highest BCUT2D eigenvalue weighted by Crippen LogP contribution is 2.30. The van der Waals surface area contributed by atoms with E-state index in [9.17, 15) is 23.3 Å². The van der Waals surface area contributed by atoms with Gasteiger partial charge in [-0.3, -0.25) is 14.5 Å². The summed E-state index contributed by atoms with van der Waals surface area (Å²) in [7, 11) is 0. The van der Waals surface area contributed by atoms with E-state index < -0.39 is 23.1 Å². The summed E-state index contributed by atoms with van der Waals surface area (Å²) >= 11 is 0. The number of imidazole rings is 1. The van der Waals surface area contributed by atoms with E-state index in [1.54, 1.807) is 6.07 Å². The summed E-state index contributed by atoms with van der Waals surface area (Å²) in [5.41, 5.74) is -1.33. The number of nitrogens with zero attached hydrogens (tertiary/aromatic N) is 3. The van der Waals surface area contributed by atoms with Gasteiger partial charge in [-0.15, -0.1) is 5.10 Å². The second kappa shape index (κ2) is 8.45. The van der Waals surface area contributed by atoms with Gasteiger partial charge in [0.15, 0.2) is 23.0 Å². The Labute approximate surface area is 185 Å². The highest BCUT2D eigenvalue weighted by Gasteiger charge is 2.39. The lowest BCUT2D eigenvalue weighted by atomic mass is 9.92. The largest absolute Gasteiger partial charge is 0.434 e. The third-order valence-electron chi connectivity index (χ3n) is 5.05. The van der Waals surface area contributed by atoms with Crippen LogP contribution in [0.5, 0.6) is 11.6 Å². The molecule has 1 aromatic carbocycles. The Morgan fingerprint density at radius 2 is 1.91 bits per heavy atom. The van der Waals surface area contributed by atoms with Gasteiger partial charge in [0, 0.05) is 28.3 Å². The summed E-state index contributed by atoms with van der Waals surface area (Å²) in [6.07, 6.45) is 3.25. The van der Waals surface area contributed by atoms with Crippen LogP contribution in [0.4, 0.5) is 20.4 Å². The molecule has 1 aliphatic rings. The zero-order valence-electron chi connectivity index (χ0n) is 17.6. The lowest BCUT2D eigenvalue weighted by molar-refractivity contribution is -0.194. The summed E-state index contributed by atoms with van der Waals surface area (Å²) in [4.78, 5) is 42.8. The zero-order chi connectivity index (χ0) is 23.8. The number of halogens is 2. The standard InChI is InChI=1S/C21H19F2N5O5/c1-21(2,20(31)33-23)19(30)24-12-5-6-14(13(22)9-12)32-17-8-7-16-25-15(10-28(16)27-17)26-18(29)11-3-4-11/h5-11H,3-4H2,1-2H3,(H,24,30)(H,26,29). The molecule has 12 heteroatoms. The SMILES string of the molecule is CC(C)(C(=O)Nc1ccc(Oc2ccc3nc(NC(=O)C4CC4)cn3n2)c(F)c1)C(=O)OF. The smallest absolute Gasteiger partial charge is 0.363 e. The third-order valence-corrected chi connectivity index (χ3v) is 5.05. The predicted octanol–water partition coefficient (Wildman–Crippen LogP) is 3.40. The maximum atomic E-state index is 14.5. The van der Waals surface area contributed by atoms with E-state index in [0.717, 1.165) is 18.9 Å². The third kappa shape index (κ3) is 4.73. The summed E-state index contributed by atoms with van der Waals surface area (Å²) in [5, 5.41) is 9.23. The average Bonchev–Trinajstić information content (AvgIpc) is 3.55. The minimum atomic E-state index is -1.82. The van der Waals surface area contributed by atoms with Gasteiger partial charge in [0.2, 0.25) is 17.7 Å². The van der Waals surface area contributed by atoms with Crippen LogP contribution in [0.1, 0.15) is 26.7 Å². The van der Waals surface area contributed by atoms with Gasteiger partial charge < -0.3 is 15.4 Å². The monoisotopic (exact) mass is 459 g/mol. The molecule has 4 rings (SSSR count). The van der Waals surface area contributed by atoms with Gasteiger partial charge in [-0.2, -0.15) is 0 Å². The van der Waals surface area contributed by atoms with Gasteiger partial charge in [-0.25, -0.2) is 18.7 Å². The first-order valence-electron chi connectivity index (χ1n) is 9.96. The molecule has 0 bridgehead atoms. The van der Waals surface area contributed by atoms with Gasteiger partial charge >= 0.3 is 5.97 Å². The molecule has 0 atom stereocenters. The molecule has 2 amide bonds. The van der Waals surface area contributed by atoms with Crippen molar-refractivity contribution in [2.24, 2.45) is 11.3 Å². The van der Waals surface area contributed by atoms with Crippen LogP contribution >= 0.6 is 0 Å². The van der Waals surface area contributed by atoms with E-state index >= 15 is 0 Å². The fourth-order valence-electron chi connectivity index (χ4n) is 2.80. The number of rotatable bonds is 7. The molecule has 0 radical (unpaired) electrons. The number of hydrogen-bond acceptors (Lipinski definition) is 7. The highest BCUT2D eigenvalue weighted by molar-refractivity contribution is 6.08. The van der Waals surface area contributed by atoms with Crippen molar-refractivity contribution in [1.29, 1.82) is 0 Å². The normalized spacial score (nSPS) is 13.5. The highest BCUT2D eigenvalue weighted by atomic mass is 19.3. The number of hydrogen-bond donors (Lipinski definition) is 2. The van der Waals surface area contributed by atoms with Gasteiger partial charge in [-0.05, 0) is 44.9 Å². The second-order valence-corrected chi connectivity index (χ2v) is 8.06. The summed E-state index contributed by atoms with van der Waals surface area (Å²) < 4.78 is 33.6. The zero-order valence-corrected chi connectivity index (χ0v) is 17.6. The molecule has 2 aromatic heterocycles. The summed E-state index contributed by atoms with van der Waals surface area (Å²) in [6, 6.07) is 6.65. The quantitative estimate of drug-likeness (QED) is 0.519. The first-order valence-corrected chi connectivity index (χ1v) is 9.96. The lowest BCUT2D eigenvalue weighted by Gasteiger charge is -2.18. The van der Waals surface area contributed by atoms with Crippen molar-refractivity contribution >= 4 is 34.9 Å². The van der Waals surface area contributed by atoms with Crippen LogP contribution in [0.15, 0.2) is 36.5 Å². The Hall–Kier alpha value is -4.09. The molecule has 172 valence electrons. The molecule has 1 aliphatic carbocycles. The number of anilines is 2. The Bertz CT molecular complexity index is 1260. The Morgan fingerprint density at radius 3 is 2.58 bits per heavy atom. The second-order valence-electron chi connectivity index (χ2n) is 8.06. The van der Waals surface area contributed by atoms with Crippen molar-refractivity contribution in [3.05, 3.63) is 42.3 Å². The predicted molar refractivity (Wildman–Crippen MR) is 110 cm³/mol. The van der Waals surface area contributed by atoms with Crippen molar-refractivity contribution < 1.29 is 33.0 Å². The molecule has 1 saturated carbocycles. The molecule has 0 aliphatic heterocycles. The molecule has 2 heterocycles. The number of nitrogens with one attached hydrogen (secondary N) is 2. The van der Waals surface area contributed by atoms with Gasteiger partial charge in [0.05, 0.1) is 6.20 Å². The maximum Gasteiger partial charge on any atom is 0.363 e. The maximum absolute atomic E-state index is 14.5. The van der Waals surface area contributed by atoms with E-state index in [4.69, 9.17) is 4.74 Å². The van der Waals surface area contributed by atoms with Crippen LogP contribution in [-0.4, -0.2) is 32.4 Å².